The third kappa shape index (κ3) is 4.87. The number of hydrogen-bond acceptors (Lipinski definition) is 8. The number of sulfonamides is 1. The van der Waals surface area contributed by atoms with Gasteiger partial charge in [0.2, 0.25) is 10.0 Å². The molecule has 0 radical (unpaired) electrons. The summed E-state index contributed by atoms with van der Waals surface area (Å²) in [6.07, 6.45) is 3.90. The fraction of sp³-hybridized carbons (Fsp3) is 0.300. The lowest BCUT2D eigenvalue weighted by Gasteiger charge is -2.35. The lowest BCUT2D eigenvalue weighted by atomic mass is 10.1. The third-order valence-corrected chi connectivity index (χ3v) is 11.2. The van der Waals surface area contributed by atoms with Crippen LogP contribution >= 0.6 is 11.3 Å². The van der Waals surface area contributed by atoms with Crippen molar-refractivity contribution < 1.29 is 12.8 Å². The van der Waals surface area contributed by atoms with Gasteiger partial charge in [-0.2, -0.15) is 4.31 Å². The van der Waals surface area contributed by atoms with Crippen LogP contribution in [0.5, 0.6) is 0 Å². The van der Waals surface area contributed by atoms with Crippen LogP contribution < -0.4 is 10.5 Å². The van der Waals surface area contributed by atoms with Crippen LogP contribution in [0.4, 0.5) is 10.2 Å². The highest BCUT2D eigenvalue weighted by Crippen LogP contribution is 2.34. The Morgan fingerprint density at radius 3 is 2.50 bits per heavy atom. The molecule has 0 unspecified atom stereocenters. The minimum absolute atomic E-state index is 0.0585. The van der Waals surface area contributed by atoms with Gasteiger partial charge in [0, 0.05) is 68.8 Å². The predicted octanol–water partition coefficient (Wildman–Crippen LogP) is 3.71. The van der Waals surface area contributed by atoms with Gasteiger partial charge in [0.25, 0.3) is 5.56 Å². The Labute approximate surface area is 246 Å². The largest absolute Gasteiger partial charge is 0.354 e. The normalized spacial score (nSPS) is 16.7. The van der Waals surface area contributed by atoms with Crippen molar-refractivity contribution >= 4 is 48.2 Å². The van der Waals surface area contributed by atoms with Gasteiger partial charge < -0.3 is 4.90 Å². The van der Waals surface area contributed by atoms with Crippen LogP contribution in [0.15, 0.2) is 76.8 Å². The average Bonchev–Trinajstić information content (AvgIpc) is 3.40. The van der Waals surface area contributed by atoms with Crippen LogP contribution in [0.3, 0.4) is 0 Å². The fourth-order valence-corrected chi connectivity index (χ4v) is 8.59. The lowest BCUT2D eigenvalue weighted by Crippen LogP contribution is -2.47. The third-order valence-electron chi connectivity index (χ3n) is 8.23. The topological polar surface area (TPSA) is 91.6 Å². The van der Waals surface area contributed by atoms with Crippen LogP contribution in [0.1, 0.15) is 10.4 Å². The molecule has 1 saturated heterocycles. The summed E-state index contributed by atoms with van der Waals surface area (Å²) in [6.45, 7) is 5.17. The van der Waals surface area contributed by atoms with Crippen molar-refractivity contribution in [1.82, 2.24) is 23.7 Å². The molecule has 2 aromatic carbocycles. The molecule has 12 heteroatoms. The van der Waals surface area contributed by atoms with Gasteiger partial charge >= 0.3 is 0 Å². The smallest absolute Gasteiger partial charge is 0.262 e. The first-order chi connectivity index (χ1) is 20.4. The second kappa shape index (κ2) is 10.8. The zero-order chi connectivity index (χ0) is 28.8. The van der Waals surface area contributed by atoms with E-state index in [4.69, 9.17) is 0 Å². The molecule has 1 fully saturated rings. The summed E-state index contributed by atoms with van der Waals surface area (Å²) in [7, 11) is -3.77. The highest BCUT2D eigenvalue weighted by molar-refractivity contribution is 7.89. The number of halogens is 1. The van der Waals surface area contributed by atoms with E-state index in [1.807, 2.05) is 24.4 Å². The molecule has 2 aliphatic heterocycles. The van der Waals surface area contributed by atoms with Crippen molar-refractivity contribution in [3.05, 3.63) is 93.7 Å². The molecule has 0 saturated carbocycles. The van der Waals surface area contributed by atoms with Crippen molar-refractivity contribution in [3.8, 4) is 0 Å². The predicted molar refractivity (Wildman–Crippen MR) is 162 cm³/mol. The molecule has 0 N–H and O–H groups in total. The summed E-state index contributed by atoms with van der Waals surface area (Å²) in [4.78, 5) is 29.0. The summed E-state index contributed by atoms with van der Waals surface area (Å²) >= 11 is 1.37. The van der Waals surface area contributed by atoms with E-state index in [-0.39, 0.29) is 23.5 Å². The number of anilines is 1. The Kier molecular flexibility index (Phi) is 7.01. The first-order valence-corrected chi connectivity index (χ1v) is 16.2. The van der Waals surface area contributed by atoms with Gasteiger partial charge in [-0.05, 0) is 47.7 Å². The van der Waals surface area contributed by atoms with Crippen molar-refractivity contribution in [2.75, 3.05) is 44.2 Å². The number of rotatable bonds is 6. The van der Waals surface area contributed by atoms with Crippen LogP contribution in [0.25, 0.3) is 21.0 Å². The first kappa shape index (κ1) is 27.1. The van der Waals surface area contributed by atoms with E-state index in [1.54, 1.807) is 10.9 Å². The summed E-state index contributed by atoms with van der Waals surface area (Å²) in [5.41, 5.74) is 0.814. The first-order valence-electron chi connectivity index (χ1n) is 13.9. The van der Waals surface area contributed by atoms with Gasteiger partial charge in [-0.3, -0.25) is 14.3 Å². The number of nitrogens with zero attached hydrogens (tertiary/aromatic N) is 6. The quantitative estimate of drug-likeness (QED) is 0.292. The van der Waals surface area contributed by atoms with Gasteiger partial charge in [0.15, 0.2) is 0 Å². The number of piperazine rings is 1. The maximum Gasteiger partial charge on any atom is 0.262 e. The van der Waals surface area contributed by atoms with Gasteiger partial charge in [0.1, 0.15) is 16.5 Å². The molecule has 0 spiro atoms. The average molecular weight is 605 g/mol. The molecule has 5 aromatic rings. The van der Waals surface area contributed by atoms with Gasteiger partial charge in [0.05, 0.1) is 16.6 Å². The van der Waals surface area contributed by atoms with E-state index in [0.717, 1.165) is 66.5 Å². The van der Waals surface area contributed by atoms with Crippen molar-refractivity contribution in [2.24, 2.45) is 0 Å². The molecule has 0 amide bonds. The monoisotopic (exact) mass is 604 g/mol. The number of pyridine rings is 1. The van der Waals surface area contributed by atoms with Crippen LogP contribution in [0, 0.1) is 5.82 Å². The van der Waals surface area contributed by atoms with Gasteiger partial charge in [-0.25, -0.2) is 22.8 Å². The molecule has 9 nitrogen and oxygen atoms in total. The second-order valence-corrected chi connectivity index (χ2v) is 13.7. The Bertz CT molecular complexity index is 1940. The molecule has 42 heavy (non-hydrogen) atoms. The molecule has 2 aliphatic rings. The summed E-state index contributed by atoms with van der Waals surface area (Å²) in [5.74, 6) is 0.534. The van der Waals surface area contributed by atoms with Crippen molar-refractivity contribution in [1.29, 1.82) is 0 Å². The van der Waals surface area contributed by atoms with E-state index < -0.39 is 15.8 Å². The van der Waals surface area contributed by atoms with Gasteiger partial charge in [-0.15, -0.1) is 11.3 Å². The minimum atomic E-state index is -3.77. The fourth-order valence-electron chi connectivity index (χ4n) is 5.90. The summed E-state index contributed by atoms with van der Waals surface area (Å²) < 4.78 is 42.7. The van der Waals surface area contributed by atoms with Crippen molar-refractivity contribution in [3.63, 3.8) is 0 Å². The number of aromatic nitrogens is 3. The Morgan fingerprint density at radius 2 is 1.69 bits per heavy atom. The highest BCUT2D eigenvalue weighted by Gasteiger charge is 2.31. The van der Waals surface area contributed by atoms with E-state index in [1.165, 1.54) is 33.2 Å². The maximum atomic E-state index is 13.6. The Balaban J connectivity index is 1.03. The second-order valence-electron chi connectivity index (χ2n) is 10.7. The zero-order valence-electron chi connectivity index (χ0n) is 22.8. The van der Waals surface area contributed by atoms with Gasteiger partial charge in [-0.1, -0.05) is 24.3 Å². The molecule has 5 heterocycles. The molecule has 0 bridgehead atoms. The number of benzene rings is 2. The SMILES string of the molecule is O=c1c2c3c(sc2ncn1CCN1CCN(c2nccc4ccccc24)CC1)CN(S(=O)(=O)c1ccc(F)cc1)CC3. The highest BCUT2D eigenvalue weighted by atomic mass is 32.2. The van der Waals surface area contributed by atoms with Crippen LogP contribution in [0.2, 0.25) is 0 Å². The molecule has 0 aliphatic carbocycles. The minimum Gasteiger partial charge on any atom is -0.354 e. The number of hydrogen-bond donors (Lipinski definition) is 0. The molecule has 0 atom stereocenters. The number of fused-ring (bicyclic) bond motifs is 4. The Morgan fingerprint density at radius 1 is 0.905 bits per heavy atom. The molecule has 7 rings (SSSR count). The van der Waals surface area contributed by atoms with Crippen LogP contribution in [-0.2, 0) is 29.5 Å². The number of thiophene rings is 1. The van der Waals surface area contributed by atoms with E-state index in [2.05, 4.69) is 31.9 Å². The molecule has 216 valence electrons. The van der Waals surface area contributed by atoms with Crippen molar-refractivity contribution in [2.45, 2.75) is 24.4 Å². The van der Waals surface area contributed by atoms with E-state index in [0.29, 0.717) is 23.2 Å². The van der Waals surface area contributed by atoms with E-state index in [9.17, 15) is 17.6 Å². The molecule has 3 aromatic heterocycles. The van der Waals surface area contributed by atoms with E-state index >= 15 is 0 Å². The zero-order valence-corrected chi connectivity index (χ0v) is 24.5. The standard InChI is InChI=1S/C30H29FN6O3S2/c31-22-5-7-23(8-6-22)42(39,40)37-12-10-25-26(19-37)41-29-27(25)30(38)36(20-33-29)18-15-34-13-16-35(17-14-34)28-24-4-2-1-3-21(24)9-11-32-28/h1-9,11,20H,10,12-19H2. The lowest BCUT2D eigenvalue weighted by molar-refractivity contribution is 0.246. The summed E-state index contributed by atoms with van der Waals surface area (Å²) in [5, 5.41) is 2.95. The summed E-state index contributed by atoms with van der Waals surface area (Å²) in [6, 6.07) is 15.2. The Hall–Kier alpha value is -3.71. The maximum absolute atomic E-state index is 13.6. The molecular weight excluding hydrogens is 576 g/mol. The molecular formula is C30H29FN6O3S2. The van der Waals surface area contributed by atoms with Crippen LogP contribution in [-0.4, -0.2) is 71.4 Å².